The van der Waals surface area contributed by atoms with Gasteiger partial charge in [0, 0.05) is 19.5 Å². The zero-order chi connectivity index (χ0) is 15.8. The fourth-order valence-corrected chi connectivity index (χ4v) is 3.71. The molecule has 5 heteroatoms. The molecule has 2 aliphatic rings. The van der Waals surface area contributed by atoms with Crippen LogP contribution < -0.4 is 5.32 Å². The first kappa shape index (κ1) is 16.6. The van der Waals surface area contributed by atoms with Gasteiger partial charge in [-0.25, -0.2) is 4.79 Å². The molecule has 122 valence electrons. The van der Waals surface area contributed by atoms with Crippen molar-refractivity contribution in [1.29, 1.82) is 0 Å². The molecular weight excluding hydrogens is 268 g/mol. The van der Waals surface area contributed by atoms with Crippen molar-refractivity contribution in [2.75, 3.05) is 13.6 Å². The lowest BCUT2D eigenvalue weighted by Crippen LogP contribution is -2.51. The van der Waals surface area contributed by atoms with Crippen LogP contribution in [0.1, 0.15) is 53.4 Å². The fourth-order valence-electron chi connectivity index (χ4n) is 3.71. The van der Waals surface area contributed by atoms with Crippen LogP contribution in [0.4, 0.5) is 4.79 Å². The number of nitrogens with one attached hydrogen (secondary N) is 1. The molecule has 0 aromatic rings. The first-order valence-corrected chi connectivity index (χ1v) is 8.00. The predicted molar refractivity (Wildman–Crippen MR) is 82.2 cm³/mol. The number of carbonyl (C=O) groups excluding carboxylic acids is 1. The van der Waals surface area contributed by atoms with Crippen LogP contribution in [-0.2, 0) is 4.74 Å². The highest BCUT2D eigenvalue weighted by Crippen LogP contribution is 2.37. The summed E-state index contributed by atoms with van der Waals surface area (Å²) in [5.41, 5.74) is -0.561. The van der Waals surface area contributed by atoms with Gasteiger partial charge in [0.2, 0.25) is 0 Å². The van der Waals surface area contributed by atoms with E-state index in [0.717, 1.165) is 25.7 Å². The maximum Gasteiger partial charge on any atom is 0.317 e. The van der Waals surface area contributed by atoms with Gasteiger partial charge in [-0.05, 0) is 47.0 Å². The van der Waals surface area contributed by atoms with E-state index in [1.54, 1.807) is 11.9 Å². The summed E-state index contributed by atoms with van der Waals surface area (Å²) in [6.45, 7) is 8.77. The van der Waals surface area contributed by atoms with E-state index < -0.39 is 0 Å². The number of nitrogens with zero attached hydrogens (tertiary/aromatic N) is 1. The lowest BCUT2D eigenvalue weighted by Gasteiger charge is -2.30. The van der Waals surface area contributed by atoms with Crippen LogP contribution in [0.3, 0.4) is 0 Å². The molecule has 2 N–H and O–H groups in total. The van der Waals surface area contributed by atoms with Crippen molar-refractivity contribution in [3.05, 3.63) is 0 Å². The van der Waals surface area contributed by atoms with Gasteiger partial charge in [-0.1, -0.05) is 6.42 Å². The van der Waals surface area contributed by atoms with Crippen molar-refractivity contribution in [2.24, 2.45) is 5.92 Å². The molecule has 21 heavy (non-hydrogen) atoms. The number of rotatable bonds is 3. The van der Waals surface area contributed by atoms with E-state index in [1.807, 2.05) is 13.8 Å². The van der Waals surface area contributed by atoms with Gasteiger partial charge in [0.25, 0.3) is 0 Å². The highest BCUT2D eigenvalue weighted by Gasteiger charge is 2.46. The predicted octanol–water partition coefficient (Wildman–Crippen LogP) is 2.13. The molecule has 2 rings (SSSR count). The van der Waals surface area contributed by atoms with Crippen LogP contribution in [0.5, 0.6) is 0 Å². The maximum atomic E-state index is 12.4. The molecule has 0 aromatic heterocycles. The second-order valence-corrected chi connectivity index (χ2v) is 7.81. The van der Waals surface area contributed by atoms with Gasteiger partial charge >= 0.3 is 6.03 Å². The highest BCUT2D eigenvalue weighted by molar-refractivity contribution is 5.74. The number of amides is 2. The van der Waals surface area contributed by atoms with Gasteiger partial charge in [0.05, 0.1) is 23.3 Å². The van der Waals surface area contributed by atoms with Crippen LogP contribution in [0.2, 0.25) is 0 Å². The number of ether oxygens (including phenoxy) is 1. The lowest BCUT2D eigenvalue weighted by atomic mass is 9.94. The number of hydrogen-bond donors (Lipinski definition) is 2. The Bertz CT molecular complexity index is 395. The van der Waals surface area contributed by atoms with Crippen LogP contribution >= 0.6 is 0 Å². The minimum Gasteiger partial charge on any atom is -0.393 e. The summed E-state index contributed by atoms with van der Waals surface area (Å²) < 4.78 is 6.01. The third kappa shape index (κ3) is 3.89. The number of aliphatic hydroxyl groups is 1. The third-order valence-electron chi connectivity index (χ3n) is 4.85. The minimum absolute atomic E-state index is 0.0101. The van der Waals surface area contributed by atoms with Gasteiger partial charge in [0.1, 0.15) is 0 Å². The Kier molecular flexibility index (Phi) is 4.54. The Morgan fingerprint density at radius 1 is 1.33 bits per heavy atom. The average molecular weight is 298 g/mol. The summed E-state index contributed by atoms with van der Waals surface area (Å²) in [7, 11) is 1.80. The summed E-state index contributed by atoms with van der Waals surface area (Å²) >= 11 is 0. The largest absolute Gasteiger partial charge is 0.393 e. The molecular formula is C16H30N2O3. The van der Waals surface area contributed by atoms with E-state index in [-0.39, 0.29) is 35.3 Å². The second-order valence-electron chi connectivity index (χ2n) is 7.81. The molecule has 1 saturated heterocycles. The zero-order valence-corrected chi connectivity index (χ0v) is 14.0. The van der Waals surface area contributed by atoms with Gasteiger partial charge in [0.15, 0.2) is 0 Å². The third-order valence-corrected chi connectivity index (χ3v) is 4.85. The summed E-state index contributed by atoms with van der Waals surface area (Å²) in [5, 5.41) is 13.0. The molecule has 0 radical (unpaired) electrons. The Morgan fingerprint density at radius 2 is 2.00 bits per heavy atom. The van der Waals surface area contributed by atoms with E-state index in [2.05, 4.69) is 19.2 Å². The summed E-state index contributed by atoms with van der Waals surface area (Å²) in [6, 6.07) is -0.0653. The summed E-state index contributed by atoms with van der Waals surface area (Å²) in [5.74, 6) is 0.213. The van der Waals surface area contributed by atoms with Crippen molar-refractivity contribution < 1.29 is 14.6 Å². The van der Waals surface area contributed by atoms with Crippen LogP contribution in [0, 0.1) is 5.92 Å². The van der Waals surface area contributed by atoms with Gasteiger partial charge in [-0.2, -0.15) is 0 Å². The van der Waals surface area contributed by atoms with Gasteiger partial charge in [-0.15, -0.1) is 0 Å². The van der Waals surface area contributed by atoms with Gasteiger partial charge in [-0.3, -0.25) is 0 Å². The van der Waals surface area contributed by atoms with Crippen molar-refractivity contribution in [3.63, 3.8) is 0 Å². The number of carbonyl (C=O) groups is 1. The standard InChI is InChI=1S/C16H30N2O3/c1-15(2)9-13(16(3,4)21-15)17-14(20)18(5)10-11-7-6-8-12(11)19/h11-13,19H,6-10H2,1-5H3,(H,17,20). The molecule has 1 heterocycles. The molecule has 2 amide bonds. The first-order valence-electron chi connectivity index (χ1n) is 8.00. The first-order chi connectivity index (χ1) is 9.61. The van der Waals surface area contributed by atoms with E-state index in [1.165, 1.54) is 0 Å². The Labute approximate surface area is 128 Å². The quantitative estimate of drug-likeness (QED) is 0.839. The highest BCUT2D eigenvalue weighted by atomic mass is 16.5. The normalized spacial score (nSPS) is 33.9. The van der Waals surface area contributed by atoms with Crippen molar-refractivity contribution in [1.82, 2.24) is 10.2 Å². The van der Waals surface area contributed by atoms with Crippen LogP contribution in [-0.4, -0.2) is 53.0 Å². The molecule has 3 unspecified atom stereocenters. The lowest BCUT2D eigenvalue weighted by molar-refractivity contribution is -0.0692. The second kappa shape index (κ2) is 5.76. The smallest absolute Gasteiger partial charge is 0.317 e. The number of aliphatic hydroxyl groups excluding tert-OH is 1. The molecule has 1 aliphatic heterocycles. The van der Waals surface area contributed by atoms with Crippen molar-refractivity contribution in [3.8, 4) is 0 Å². The van der Waals surface area contributed by atoms with E-state index in [9.17, 15) is 9.90 Å². The Balaban J connectivity index is 1.89. The monoisotopic (exact) mass is 298 g/mol. The molecule has 1 aliphatic carbocycles. The van der Waals surface area contributed by atoms with Gasteiger partial charge < -0.3 is 20.1 Å². The van der Waals surface area contributed by atoms with Crippen LogP contribution in [0.15, 0.2) is 0 Å². The molecule has 2 fully saturated rings. The summed E-state index contributed by atoms with van der Waals surface area (Å²) in [4.78, 5) is 14.1. The topological polar surface area (TPSA) is 61.8 Å². The Hall–Kier alpha value is -0.810. The molecule has 0 spiro atoms. The average Bonchev–Trinajstić information content (AvgIpc) is 2.80. The van der Waals surface area contributed by atoms with Crippen molar-refractivity contribution >= 4 is 6.03 Å². The molecule has 3 atom stereocenters. The number of hydrogen-bond acceptors (Lipinski definition) is 3. The Morgan fingerprint density at radius 3 is 2.48 bits per heavy atom. The molecule has 0 bridgehead atoms. The van der Waals surface area contributed by atoms with E-state index >= 15 is 0 Å². The number of urea groups is 1. The minimum atomic E-state index is -0.354. The van der Waals surface area contributed by atoms with E-state index in [0.29, 0.717) is 6.54 Å². The fraction of sp³-hybridized carbons (Fsp3) is 0.938. The molecule has 0 aromatic carbocycles. The molecule has 1 saturated carbocycles. The van der Waals surface area contributed by atoms with E-state index in [4.69, 9.17) is 4.74 Å². The van der Waals surface area contributed by atoms with Crippen LogP contribution in [0.25, 0.3) is 0 Å². The zero-order valence-electron chi connectivity index (χ0n) is 14.0. The molecule has 5 nitrogen and oxygen atoms in total. The summed E-state index contributed by atoms with van der Waals surface area (Å²) in [6.07, 6.45) is 3.47. The SMILES string of the molecule is CN(CC1CCCC1O)C(=O)NC1CC(C)(C)OC1(C)C. The van der Waals surface area contributed by atoms with Crippen molar-refractivity contribution in [2.45, 2.75) is 76.7 Å². The maximum absolute atomic E-state index is 12.4.